The SMILES string of the molecule is CCCOc1c(/C=N/NC(=O)C(CC(C)C)NC(=O)c2ccc(Cl)cc2)cccc1OC. The van der Waals surface area contributed by atoms with E-state index in [0.717, 1.165) is 6.42 Å². The van der Waals surface area contributed by atoms with E-state index in [1.165, 1.54) is 6.21 Å². The third-order valence-corrected chi connectivity index (χ3v) is 4.75. The number of hydrogen-bond donors (Lipinski definition) is 2. The van der Waals surface area contributed by atoms with Crippen molar-refractivity contribution in [2.45, 2.75) is 39.7 Å². The molecule has 2 aromatic carbocycles. The zero-order valence-corrected chi connectivity index (χ0v) is 19.6. The van der Waals surface area contributed by atoms with Crippen LogP contribution in [0.25, 0.3) is 0 Å². The molecule has 0 saturated carbocycles. The number of amides is 2. The highest BCUT2D eigenvalue weighted by molar-refractivity contribution is 6.30. The molecule has 2 N–H and O–H groups in total. The van der Waals surface area contributed by atoms with Gasteiger partial charge in [0.2, 0.25) is 0 Å². The average Bonchev–Trinajstić information content (AvgIpc) is 2.77. The Morgan fingerprint density at radius 2 is 1.88 bits per heavy atom. The van der Waals surface area contributed by atoms with E-state index in [2.05, 4.69) is 15.8 Å². The zero-order valence-electron chi connectivity index (χ0n) is 18.9. The minimum Gasteiger partial charge on any atom is -0.493 e. The van der Waals surface area contributed by atoms with Crippen LogP contribution in [0.3, 0.4) is 0 Å². The van der Waals surface area contributed by atoms with Crippen molar-refractivity contribution in [2.24, 2.45) is 11.0 Å². The molecule has 0 aliphatic carbocycles. The maximum Gasteiger partial charge on any atom is 0.262 e. The van der Waals surface area contributed by atoms with Gasteiger partial charge in [0, 0.05) is 16.1 Å². The predicted octanol–water partition coefficient (Wildman–Crippen LogP) is 4.43. The second-order valence-electron chi connectivity index (χ2n) is 7.62. The highest BCUT2D eigenvalue weighted by atomic mass is 35.5. The van der Waals surface area contributed by atoms with E-state index in [1.54, 1.807) is 37.4 Å². The van der Waals surface area contributed by atoms with Crippen LogP contribution in [0.5, 0.6) is 11.5 Å². The molecule has 2 amide bonds. The van der Waals surface area contributed by atoms with E-state index in [-0.39, 0.29) is 11.8 Å². The summed E-state index contributed by atoms with van der Waals surface area (Å²) in [5.74, 6) is 0.574. The third kappa shape index (κ3) is 7.57. The summed E-state index contributed by atoms with van der Waals surface area (Å²) in [5.41, 5.74) is 3.62. The normalized spacial score (nSPS) is 11.9. The first-order valence-electron chi connectivity index (χ1n) is 10.5. The monoisotopic (exact) mass is 459 g/mol. The van der Waals surface area contributed by atoms with Crippen molar-refractivity contribution in [2.75, 3.05) is 13.7 Å². The van der Waals surface area contributed by atoms with Gasteiger partial charge in [0.1, 0.15) is 6.04 Å². The van der Waals surface area contributed by atoms with Gasteiger partial charge < -0.3 is 14.8 Å². The molecule has 2 aromatic rings. The fourth-order valence-corrected chi connectivity index (χ4v) is 3.07. The highest BCUT2D eigenvalue weighted by Crippen LogP contribution is 2.30. The minimum absolute atomic E-state index is 0.188. The Bertz CT molecular complexity index is 929. The van der Waals surface area contributed by atoms with Gasteiger partial charge in [-0.1, -0.05) is 38.4 Å². The summed E-state index contributed by atoms with van der Waals surface area (Å²) < 4.78 is 11.1. The molecule has 1 atom stereocenters. The number of halogens is 1. The summed E-state index contributed by atoms with van der Waals surface area (Å²) in [6.07, 6.45) is 2.80. The molecule has 0 aliphatic rings. The zero-order chi connectivity index (χ0) is 23.5. The second kappa shape index (κ2) is 12.7. The number of hydrazone groups is 1. The molecule has 0 fully saturated rings. The number of carbonyl (C=O) groups excluding carboxylic acids is 2. The van der Waals surface area contributed by atoms with Crippen LogP contribution in [-0.2, 0) is 4.79 Å². The maximum absolute atomic E-state index is 12.8. The van der Waals surface area contributed by atoms with Gasteiger partial charge in [0.05, 0.1) is 19.9 Å². The van der Waals surface area contributed by atoms with Crippen LogP contribution in [-0.4, -0.2) is 37.8 Å². The number of nitrogens with one attached hydrogen (secondary N) is 2. The van der Waals surface area contributed by atoms with Gasteiger partial charge in [0.15, 0.2) is 11.5 Å². The van der Waals surface area contributed by atoms with Crippen molar-refractivity contribution >= 4 is 29.6 Å². The fourth-order valence-electron chi connectivity index (χ4n) is 2.94. The Kier molecular flexibility index (Phi) is 10.0. The summed E-state index contributed by atoms with van der Waals surface area (Å²) in [7, 11) is 1.57. The van der Waals surface area contributed by atoms with Crippen LogP contribution in [0.1, 0.15) is 49.5 Å². The number of hydrogen-bond acceptors (Lipinski definition) is 5. The molecule has 0 radical (unpaired) electrons. The van der Waals surface area contributed by atoms with Gasteiger partial charge in [0.25, 0.3) is 11.8 Å². The first-order chi connectivity index (χ1) is 15.3. The van der Waals surface area contributed by atoms with Gasteiger partial charge in [-0.15, -0.1) is 0 Å². The molecular weight excluding hydrogens is 430 g/mol. The summed E-state index contributed by atoms with van der Waals surface area (Å²) in [5, 5.41) is 7.39. The molecule has 0 heterocycles. The molecule has 0 spiro atoms. The Morgan fingerprint density at radius 1 is 1.16 bits per heavy atom. The molecule has 172 valence electrons. The largest absolute Gasteiger partial charge is 0.493 e. The van der Waals surface area contributed by atoms with Gasteiger partial charge in [-0.25, -0.2) is 5.43 Å². The second-order valence-corrected chi connectivity index (χ2v) is 8.06. The number of para-hydroxylation sites is 1. The summed E-state index contributed by atoms with van der Waals surface area (Å²) >= 11 is 5.88. The van der Waals surface area contributed by atoms with Crippen molar-refractivity contribution in [1.29, 1.82) is 0 Å². The van der Waals surface area contributed by atoms with Gasteiger partial charge in [-0.05, 0) is 55.2 Å². The van der Waals surface area contributed by atoms with E-state index in [0.29, 0.717) is 40.7 Å². The van der Waals surface area contributed by atoms with Crippen LogP contribution < -0.4 is 20.2 Å². The summed E-state index contributed by atoms with van der Waals surface area (Å²) in [6, 6.07) is 11.2. The first-order valence-corrected chi connectivity index (χ1v) is 10.9. The number of methoxy groups -OCH3 is 1. The summed E-state index contributed by atoms with van der Waals surface area (Å²) in [4.78, 5) is 25.3. The van der Waals surface area contributed by atoms with Crippen molar-refractivity contribution in [3.63, 3.8) is 0 Å². The van der Waals surface area contributed by atoms with Crippen LogP contribution in [0, 0.1) is 5.92 Å². The molecule has 2 rings (SSSR count). The fraction of sp³-hybridized carbons (Fsp3) is 0.375. The van der Waals surface area contributed by atoms with E-state index >= 15 is 0 Å². The lowest BCUT2D eigenvalue weighted by Gasteiger charge is -2.19. The minimum atomic E-state index is -0.739. The number of carbonyl (C=O) groups is 2. The van der Waals surface area contributed by atoms with E-state index in [9.17, 15) is 9.59 Å². The van der Waals surface area contributed by atoms with Crippen LogP contribution in [0.4, 0.5) is 0 Å². The Labute approximate surface area is 194 Å². The Morgan fingerprint density at radius 3 is 2.50 bits per heavy atom. The number of ether oxygens (including phenoxy) is 2. The summed E-state index contributed by atoms with van der Waals surface area (Å²) in [6.45, 7) is 6.49. The van der Waals surface area contributed by atoms with E-state index in [1.807, 2.05) is 32.9 Å². The average molecular weight is 460 g/mol. The van der Waals surface area contributed by atoms with E-state index < -0.39 is 11.9 Å². The molecule has 7 nitrogen and oxygen atoms in total. The number of nitrogens with zero attached hydrogens (tertiary/aromatic N) is 1. The number of benzene rings is 2. The molecule has 0 saturated heterocycles. The van der Waals surface area contributed by atoms with E-state index in [4.69, 9.17) is 21.1 Å². The van der Waals surface area contributed by atoms with Crippen molar-refractivity contribution in [3.8, 4) is 11.5 Å². The third-order valence-electron chi connectivity index (χ3n) is 4.49. The van der Waals surface area contributed by atoms with Crippen molar-refractivity contribution in [1.82, 2.24) is 10.7 Å². The van der Waals surface area contributed by atoms with Crippen LogP contribution in [0.2, 0.25) is 5.02 Å². The van der Waals surface area contributed by atoms with Gasteiger partial charge in [-0.2, -0.15) is 5.10 Å². The lowest BCUT2D eigenvalue weighted by atomic mass is 10.0. The molecule has 0 aromatic heterocycles. The molecule has 1 unspecified atom stereocenters. The maximum atomic E-state index is 12.8. The molecule has 8 heteroatoms. The smallest absolute Gasteiger partial charge is 0.262 e. The molecule has 0 aliphatic heterocycles. The van der Waals surface area contributed by atoms with Crippen LogP contribution >= 0.6 is 11.6 Å². The first kappa shape index (κ1) is 25.2. The van der Waals surface area contributed by atoms with Gasteiger partial charge in [-0.3, -0.25) is 9.59 Å². The van der Waals surface area contributed by atoms with Crippen molar-refractivity contribution in [3.05, 3.63) is 58.6 Å². The quantitative estimate of drug-likeness (QED) is 0.384. The molecular formula is C24H30ClN3O4. The standard InChI is InChI=1S/C24H30ClN3O4/c1-5-13-32-22-18(7-6-8-21(22)31-4)15-26-28-24(30)20(14-16(2)3)27-23(29)17-9-11-19(25)12-10-17/h6-12,15-16,20H,5,13-14H2,1-4H3,(H,27,29)(H,28,30)/b26-15+. The topological polar surface area (TPSA) is 89.0 Å². The predicted molar refractivity (Wildman–Crippen MR) is 127 cm³/mol. The lowest BCUT2D eigenvalue weighted by Crippen LogP contribution is -2.46. The Hall–Kier alpha value is -3.06. The highest BCUT2D eigenvalue weighted by Gasteiger charge is 2.22. The Balaban J connectivity index is 2.10. The van der Waals surface area contributed by atoms with Crippen LogP contribution in [0.15, 0.2) is 47.6 Å². The number of rotatable bonds is 11. The molecule has 0 bridgehead atoms. The lowest BCUT2D eigenvalue weighted by molar-refractivity contribution is -0.123. The van der Waals surface area contributed by atoms with Crippen molar-refractivity contribution < 1.29 is 19.1 Å². The van der Waals surface area contributed by atoms with Gasteiger partial charge >= 0.3 is 0 Å². The molecule has 32 heavy (non-hydrogen) atoms.